The number of carbonyl (C=O) groups is 1. The molecule has 0 bridgehead atoms. The molecule has 2 fully saturated rings. The molecule has 0 unspecified atom stereocenters. The second kappa shape index (κ2) is 6.57. The Morgan fingerprint density at radius 3 is 2.80 bits per heavy atom. The van der Waals surface area contributed by atoms with E-state index in [0.29, 0.717) is 36.7 Å². The number of carbonyl (C=O) groups excluding carboxylic acids is 1. The smallest absolute Gasteiger partial charge is 0.259 e. The van der Waals surface area contributed by atoms with Crippen LogP contribution in [-0.4, -0.2) is 64.2 Å². The number of rotatable bonds is 3. The largest absolute Gasteiger partial charge is 0.373 e. The highest BCUT2D eigenvalue weighted by atomic mass is 16.5. The highest BCUT2D eigenvalue weighted by molar-refractivity contribution is 5.96. The van der Waals surface area contributed by atoms with Crippen molar-refractivity contribution < 1.29 is 14.1 Å². The van der Waals surface area contributed by atoms with Crippen LogP contribution in [0.25, 0.3) is 0 Å². The van der Waals surface area contributed by atoms with Gasteiger partial charge in [0.15, 0.2) is 0 Å². The molecule has 0 radical (unpaired) electrons. The zero-order chi connectivity index (χ0) is 17.4. The van der Waals surface area contributed by atoms with Crippen molar-refractivity contribution in [3.05, 3.63) is 47.1 Å². The number of nitrogens with zero attached hydrogens (tertiary/aromatic N) is 4. The van der Waals surface area contributed by atoms with E-state index in [2.05, 4.69) is 15.0 Å². The molecule has 4 heterocycles. The van der Waals surface area contributed by atoms with Gasteiger partial charge in [0.25, 0.3) is 5.91 Å². The number of hydrogen-bond donors (Lipinski definition) is 0. The van der Waals surface area contributed by atoms with E-state index < -0.39 is 0 Å². The average Bonchev–Trinajstić information content (AvgIpc) is 3.20. The summed E-state index contributed by atoms with van der Waals surface area (Å²) in [6.07, 6.45) is 3.68. The molecule has 2 aliphatic heterocycles. The minimum absolute atomic E-state index is 0.0156. The SMILES string of the molecule is Cc1noc(C)c1C(=O)N1C[C@@H]2OCCN(Cc3ccncc3)[C@@H]2C1. The summed E-state index contributed by atoms with van der Waals surface area (Å²) in [5, 5.41) is 3.90. The minimum Gasteiger partial charge on any atom is -0.373 e. The fourth-order valence-corrected chi connectivity index (χ4v) is 3.79. The van der Waals surface area contributed by atoms with Crippen molar-refractivity contribution in [2.75, 3.05) is 26.2 Å². The highest BCUT2D eigenvalue weighted by Gasteiger charge is 2.42. The third-order valence-electron chi connectivity index (χ3n) is 5.09. The summed E-state index contributed by atoms with van der Waals surface area (Å²) >= 11 is 0. The second-order valence-electron chi connectivity index (χ2n) is 6.71. The van der Waals surface area contributed by atoms with E-state index in [1.54, 1.807) is 13.8 Å². The Bertz CT molecular complexity index is 741. The summed E-state index contributed by atoms with van der Waals surface area (Å²) in [4.78, 5) is 21.3. The molecule has 1 amide bonds. The third kappa shape index (κ3) is 3.05. The van der Waals surface area contributed by atoms with Crippen LogP contribution >= 0.6 is 0 Å². The molecule has 7 heteroatoms. The molecule has 7 nitrogen and oxygen atoms in total. The van der Waals surface area contributed by atoms with E-state index in [-0.39, 0.29) is 18.1 Å². The average molecular weight is 342 g/mol. The number of fused-ring (bicyclic) bond motifs is 1. The van der Waals surface area contributed by atoms with Gasteiger partial charge in [0.2, 0.25) is 0 Å². The third-order valence-corrected chi connectivity index (χ3v) is 5.09. The molecule has 2 aromatic rings. The first-order valence-electron chi connectivity index (χ1n) is 8.60. The van der Waals surface area contributed by atoms with Gasteiger partial charge in [0.05, 0.1) is 24.4 Å². The normalized spacial score (nSPS) is 23.7. The fraction of sp³-hybridized carbons (Fsp3) is 0.500. The van der Waals surface area contributed by atoms with Crippen LogP contribution in [0.2, 0.25) is 0 Å². The summed E-state index contributed by atoms with van der Waals surface area (Å²) < 4.78 is 11.1. The van der Waals surface area contributed by atoms with E-state index in [1.165, 1.54) is 5.56 Å². The van der Waals surface area contributed by atoms with Crippen molar-refractivity contribution in [3.63, 3.8) is 0 Å². The van der Waals surface area contributed by atoms with E-state index in [1.807, 2.05) is 29.4 Å². The van der Waals surface area contributed by atoms with Crippen LogP contribution in [0.3, 0.4) is 0 Å². The van der Waals surface area contributed by atoms with E-state index in [9.17, 15) is 4.79 Å². The first-order chi connectivity index (χ1) is 12.1. The molecule has 132 valence electrons. The zero-order valence-electron chi connectivity index (χ0n) is 14.5. The van der Waals surface area contributed by atoms with Gasteiger partial charge in [-0.25, -0.2) is 0 Å². The van der Waals surface area contributed by atoms with E-state index in [4.69, 9.17) is 9.26 Å². The van der Waals surface area contributed by atoms with Crippen LogP contribution in [0.15, 0.2) is 29.0 Å². The Hall–Kier alpha value is -2.25. The Morgan fingerprint density at radius 1 is 1.28 bits per heavy atom. The molecule has 2 aromatic heterocycles. The summed E-state index contributed by atoms with van der Waals surface area (Å²) in [6, 6.07) is 4.28. The number of aromatic nitrogens is 2. The number of aryl methyl sites for hydroxylation is 2. The summed E-state index contributed by atoms with van der Waals surface area (Å²) in [6.45, 7) is 7.28. The molecule has 0 N–H and O–H groups in total. The minimum atomic E-state index is -0.0156. The van der Waals surface area contributed by atoms with Gasteiger partial charge in [0, 0.05) is 38.6 Å². The maximum atomic E-state index is 12.9. The second-order valence-corrected chi connectivity index (χ2v) is 6.71. The Balaban J connectivity index is 1.50. The van der Waals surface area contributed by atoms with Crippen molar-refractivity contribution in [1.29, 1.82) is 0 Å². The molecular formula is C18H22N4O3. The van der Waals surface area contributed by atoms with Gasteiger partial charge in [-0.05, 0) is 31.5 Å². The van der Waals surface area contributed by atoms with Gasteiger partial charge in [-0.2, -0.15) is 0 Å². The van der Waals surface area contributed by atoms with Crippen molar-refractivity contribution in [2.45, 2.75) is 32.5 Å². The Kier molecular flexibility index (Phi) is 4.27. The van der Waals surface area contributed by atoms with Crippen LogP contribution in [0.1, 0.15) is 27.4 Å². The topological polar surface area (TPSA) is 71.7 Å². The predicted molar refractivity (Wildman–Crippen MR) is 90.1 cm³/mol. The Labute approximate surface area is 146 Å². The maximum absolute atomic E-state index is 12.9. The standard InChI is InChI=1S/C18H22N4O3/c1-12-17(13(2)25-20-12)18(23)22-10-15-16(11-22)24-8-7-21(15)9-14-3-5-19-6-4-14/h3-6,15-16H,7-11H2,1-2H3/t15-,16+/m1/s1. The lowest BCUT2D eigenvalue weighted by molar-refractivity contribution is -0.0503. The van der Waals surface area contributed by atoms with Crippen molar-refractivity contribution in [3.8, 4) is 0 Å². The lowest BCUT2D eigenvalue weighted by Crippen LogP contribution is -2.50. The fourth-order valence-electron chi connectivity index (χ4n) is 3.79. The van der Waals surface area contributed by atoms with E-state index in [0.717, 1.165) is 13.1 Å². The molecule has 0 saturated carbocycles. The van der Waals surface area contributed by atoms with Crippen LogP contribution in [0.5, 0.6) is 0 Å². The lowest BCUT2D eigenvalue weighted by Gasteiger charge is -2.36. The monoisotopic (exact) mass is 342 g/mol. The summed E-state index contributed by atoms with van der Waals surface area (Å²) in [5.41, 5.74) is 2.46. The van der Waals surface area contributed by atoms with Gasteiger partial charge in [-0.1, -0.05) is 5.16 Å². The zero-order valence-corrected chi connectivity index (χ0v) is 14.5. The number of ether oxygens (including phenoxy) is 1. The van der Waals surface area contributed by atoms with E-state index >= 15 is 0 Å². The molecule has 0 aromatic carbocycles. The van der Waals surface area contributed by atoms with Crippen LogP contribution in [0.4, 0.5) is 0 Å². The van der Waals surface area contributed by atoms with Gasteiger partial charge in [-0.3, -0.25) is 14.7 Å². The van der Waals surface area contributed by atoms with Gasteiger partial charge >= 0.3 is 0 Å². The number of hydrogen-bond acceptors (Lipinski definition) is 6. The number of amides is 1. The van der Waals surface area contributed by atoms with Gasteiger partial charge in [-0.15, -0.1) is 0 Å². The first-order valence-corrected chi connectivity index (χ1v) is 8.60. The van der Waals surface area contributed by atoms with Gasteiger partial charge < -0.3 is 14.2 Å². The summed E-state index contributed by atoms with van der Waals surface area (Å²) in [5.74, 6) is 0.560. The molecule has 2 atom stereocenters. The molecule has 0 aliphatic carbocycles. The summed E-state index contributed by atoms with van der Waals surface area (Å²) in [7, 11) is 0. The molecule has 0 spiro atoms. The van der Waals surface area contributed by atoms with Crippen molar-refractivity contribution in [2.24, 2.45) is 0 Å². The predicted octanol–water partition coefficient (Wildman–Crippen LogP) is 1.41. The van der Waals surface area contributed by atoms with Crippen molar-refractivity contribution in [1.82, 2.24) is 19.9 Å². The molecule has 4 rings (SSSR count). The highest BCUT2D eigenvalue weighted by Crippen LogP contribution is 2.27. The Morgan fingerprint density at radius 2 is 2.08 bits per heavy atom. The van der Waals surface area contributed by atoms with Crippen LogP contribution < -0.4 is 0 Å². The van der Waals surface area contributed by atoms with Crippen LogP contribution in [0, 0.1) is 13.8 Å². The first kappa shape index (κ1) is 16.2. The van der Waals surface area contributed by atoms with Gasteiger partial charge in [0.1, 0.15) is 11.3 Å². The molecule has 25 heavy (non-hydrogen) atoms. The number of pyridine rings is 1. The molecule has 2 saturated heterocycles. The lowest BCUT2D eigenvalue weighted by atomic mass is 10.1. The molecule has 2 aliphatic rings. The van der Waals surface area contributed by atoms with Crippen molar-refractivity contribution >= 4 is 5.91 Å². The number of likely N-dealkylation sites (tertiary alicyclic amines) is 1. The van der Waals surface area contributed by atoms with Crippen LogP contribution in [-0.2, 0) is 11.3 Å². The number of morpholine rings is 1. The quantitative estimate of drug-likeness (QED) is 0.840. The molecular weight excluding hydrogens is 320 g/mol. The maximum Gasteiger partial charge on any atom is 0.259 e.